The molecule has 1 aliphatic heterocycles. The van der Waals surface area contributed by atoms with Crippen LogP contribution < -0.4 is 4.74 Å². The Balaban J connectivity index is 2.26. The van der Waals surface area contributed by atoms with E-state index in [9.17, 15) is 5.11 Å². The number of ether oxygens (including phenoxy) is 2. The lowest BCUT2D eigenvalue weighted by Crippen LogP contribution is -2.49. The van der Waals surface area contributed by atoms with E-state index in [1.54, 1.807) is 0 Å². The summed E-state index contributed by atoms with van der Waals surface area (Å²) >= 11 is 6.10. The van der Waals surface area contributed by atoms with Gasteiger partial charge in [-0.1, -0.05) is 17.7 Å². The zero-order chi connectivity index (χ0) is 11.6. The van der Waals surface area contributed by atoms with E-state index in [4.69, 9.17) is 21.1 Å². The molecule has 1 fully saturated rings. The highest BCUT2D eigenvalue weighted by Gasteiger charge is 2.40. The van der Waals surface area contributed by atoms with Gasteiger partial charge in [-0.05, 0) is 24.6 Å². The summed E-state index contributed by atoms with van der Waals surface area (Å²) in [6, 6.07) is 5.64. The van der Waals surface area contributed by atoms with Crippen LogP contribution in [0.25, 0.3) is 0 Å². The SMILES string of the molecule is CCOc1ccc(C2(CO)COC2)cc1Cl. The summed E-state index contributed by atoms with van der Waals surface area (Å²) in [7, 11) is 0. The molecule has 0 aliphatic carbocycles. The van der Waals surface area contributed by atoms with Crippen LogP contribution in [0.5, 0.6) is 5.75 Å². The molecule has 0 unspecified atom stereocenters. The Morgan fingerprint density at radius 1 is 1.50 bits per heavy atom. The largest absolute Gasteiger partial charge is 0.492 e. The highest BCUT2D eigenvalue weighted by molar-refractivity contribution is 6.32. The molecule has 1 heterocycles. The average Bonchev–Trinajstić information content (AvgIpc) is 2.21. The minimum absolute atomic E-state index is 0.0807. The van der Waals surface area contributed by atoms with E-state index < -0.39 is 0 Å². The van der Waals surface area contributed by atoms with Gasteiger partial charge in [-0.3, -0.25) is 0 Å². The molecular weight excluding hydrogens is 228 g/mol. The molecule has 1 N–H and O–H groups in total. The highest BCUT2D eigenvalue weighted by atomic mass is 35.5. The van der Waals surface area contributed by atoms with Gasteiger partial charge in [0.05, 0.1) is 36.9 Å². The van der Waals surface area contributed by atoms with E-state index in [1.165, 1.54) is 0 Å². The molecular formula is C12H15ClO3. The van der Waals surface area contributed by atoms with E-state index in [0.29, 0.717) is 30.6 Å². The van der Waals surface area contributed by atoms with Gasteiger partial charge in [-0.25, -0.2) is 0 Å². The standard InChI is InChI=1S/C12H15ClO3/c1-2-16-11-4-3-9(5-10(11)13)12(6-14)7-15-8-12/h3-5,14H,2,6-8H2,1H3. The van der Waals surface area contributed by atoms with E-state index >= 15 is 0 Å². The summed E-state index contributed by atoms with van der Waals surface area (Å²) in [6.07, 6.45) is 0. The minimum Gasteiger partial charge on any atom is -0.492 e. The predicted octanol–water partition coefficient (Wildman–Crippen LogP) is 2.00. The first-order valence-electron chi connectivity index (χ1n) is 5.33. The van der Waals surface area contributed by atoms with Crippen LogP contribution in [0.15, 0.2) is 18.2 Å². The summed E-state index contributed by atoms with van der Waals surface area (Å²) < 4.78 is 10.5. The van der Waals surface area contributed by atoms with Gasteiger partial charge in [0.2, 0.25) is 0 Å². The van der Waals surface area contributed by atoms with Crippen molar-refractivity contribution >= 4 is 11.6 Å². The number of hydrogen-bond donors (Lipinski definition) is 1. The summed E-state index contributed by atoms with van der Waals surface area (Å²) in [6.45, 7) is 3.69. The second-order valence-electron chi connectivity index (χ2n) is 4.01. The molecule has 88 valence electrons. The summed E-state index contributed by atoms with van der Waals surface area (Å²) in [5.74, 6) is 0.682. The topological polar surface area (TPSA) is 38.7 Å². The normalized spacial score (nSPS) is 17.9. The van der Waals surface area contributed by atoms with Crippen molar-refractivity contribution in [3.8, 4) is 5.75 Å². The maximum absolute atomic E-state index is 9.40. The van der Waals surface area contributed by atoms with Gasteiger partial charge >= 0.3 is 0 Å². The third kappa shape index (κ3) is 1.90. The zero-order valence-corrected chi connectivity index (χ0v) is 9.96. The summed E-state index contributed by atoms with van der Waals surface area (Å²) in [5.41, 5.74) is 0.740. The molecule has 0 aromatic heterocycles. The van der Waals surface area contributed by atoms with Crippen LogP contribution >= 0.6 is 11.6 Å². The van der Waals surface area contributed by atoms with Crippen molar-refractivity contribution in [3.05, 3.63) is 28.8 Å². The molecule has 4 heteroatoms. The molecule has 0 spiro atoms. The second kappa shape index (κ2) is 4.62. The Labute approximate surface area is 99.9 Å². The fourth-order valence-corrected chi connectivity index (χ4v) is 2.04. The molecule has 0 bridgehead atoms. The van der Waals surface area contributed by atoms with Crippen molar-refractivity contribution in [1.82, 2.24) is 0 Å². The number of rotatable bonds is 4. The number of benzene rings is 1. The quantitative estimate of drug-likeness (QED) is 0.878. The van der Waals surface area contributed by atoms with Gasteiger partial charge in [0.15, 0.2) is 0 Å². The molecule has 0 atom stereocenters. The number of aliphatic hydroxyl groups excluding tert-OH is 1. The molecule has 3 nitrogen and oxygen atoms in total. The Kier molecular flexibility index (Phi) is 3.38. The van der Waals surface area contributed by atoms with E-state index in [2.05, 4.69) is 0 Å². The fraction of sp³-hybridized carbons (Fsp3) is 0.500. The van der Waals surface area contributed by atoms with Crippen molar-refractivity contribution in [1.29, 1.82) is 0 Å². The van der Waals surface area contributed by atoms with Gasteiger partial charge < -0.3 is 14.6 Å². The van der Waals surface area contributed by atoms with E-state index in [1.807, 2.05) is 25.1 Å². The summed E-state index contributed by atoms with van der Waals surface area (Å²) in [4.78, 5) is 0. The lowest BCUT2D eigenvalue weighted by atomic mass is 9.79. The van der Waals surface area contributed by atoms with Gasteiger partial charge in [0, 0.05) is 0 Å². The first kappa shape index (κ1) is 11.7. The van der Waals surface area contributed by atoms with Crippen LogP contribution in [0, 0.1) is 0 Å². The molecule has 2 rings (SSSR count). The first-order valence-corrected chi connectivity index (χ1v) is 5.71. The van der Waals surface area contributed by atoms with Crippen molar-refractivity contribution < 1.29 is 14.6 Å². The van der Waals surface area contributed by atoms with Gasteiger partial charge in [-0.15, -0.1) is 0 Å². The molecule has 0 amide bonds. The van der Waals surface area contributed by atoms with Crippen LogP contribution in [0.4, 0.5) is 0 Å². The lowest BCUT2D eigenvalue weighted by Gasteiger charge is -2.40. The zero-order valence-electron chi connectivity index (χ0n) is 9.20. The first-order chi connectivity index (χ1) is 7.72. The maximum atomic E-state index is 9.40. The van der Waals surface area contributed by atoms with Crippen LogP contribution in [0.1, 0.15) is 12.5 Å². The molecule has 1 aliphatic rings. The van der Waals surface area contributed by atoms with Crippen molar-refractivity contribution in [2.45, 2.75) is 12.3 Å². The van der Waals surface area contributed by atoms with E-state index in [0.717, 1.165) is 5.56 Å². The van der Waals surface area contributed by atoms with E-state index in [-0.39, 0.29) is 12.0 Å². The average molecular weight is 243 g/mol. The third-order valence-corrected chi connectivity index (χ3v) is 3.20. The molecule has 16 heavy (non-hydrogen) atoms. The Hall–Kier alpha value is -0.770. The van der Waals surface area contributed by atoms with Crippen molar-refractivity contribution in [2.24, 2.45) is 0 Å². The van der Waals surface area contributed by atoms with Crippen molar-refractivity contribution in [2.75, 3.05) is 26.4 Å². The predicted molar refractivity (Wildman–Crippen MR) is 62.2 cm³/mol. The monoisotopic (exact) mass is 242 g/mol. The van der Waals surface area contributed by atoms with Crippen LogP contribution in [0.2, 0.25) is 5.02 Å². The minimum atomic E-state index is -0.269. The Bertz CT molecular complexity index is 369. The van der Waals surface area contributed by atoms with Gasteiger partial charge in [0.1, 0.15) is 5.75 Å². The van der Waals surface area contributed by atoms with Gasteiger partial charge in [-0.2, -0.15) is 0 Å². The number of hydrogen-bond acceptors (Lipinski definition) is 3. The molecule has 1 aromatic carbocycles. The lowest BCUT2D eigenvalue weighted by molar-refractivity contribution is -0.0841. The summed E-state index contributed by atoms with van der Waals surface area (Å²) in [5, 5.41) is 9.98. The molecule has 1 aromatic rings. The molecule has 1 saturated heterocycles. The maximum Gasteiger partial charge on any atom is 0.137 e. The Morgan fingerprint density at radius 2 is 2.25 bits per heavy atom. The molecule has 0 radical (unpaired) electrons. The van der Waals surface area contributed by atoms with Crippen LogP contribution in [-0.2, 0) is 10.2 Å². The van der Waals surface area contributed by atoms with Crippen LogP contribution in [0.3, 0.4) is 0 Å². The second-order valence-corrected chi connectivity index (χ2v) is 4.42. The van der Waals surface area contributed by atoms with Gasteiger partial charge in [0.25, 0.3) is 0 Å². The molecule has 0 saturated carbocycles. The smallest absolute Gasteiger partial charge is 0.137 e. The van der Waals surface area contributed by atoms with Crippen molar-refractivity contribution in [3.63, 3.8) is 0 Å². The third-order valence-electron chi connectivity index (χ3n) is 2.90. The number of aliphatic hydroxyl groups is 1. The highest BCUT2D eigenvalue weighted by Crippen LogP contribution is 2.36. The number of halogens is 1. The fourth-order valence-electron chi connectivity index (χ4n) is 1.80. The van der Waals surface area contributed by atoms with Crippen LogP contribution in [-0.4, -0.2) is 31.5 Å². The Morgan fingerprint density at radius 3 is 2.69 bits per heavy atom.